The summed E-state index contributed by atoms with van der Waals surface area (Å²) < 4.78 is 26.5. The number of pyridine rings is 1. The molecule has 0 aliphatic heterocycles. The van der Waals surface area contributed by atoms with E-state index >= 15 is 0 Å². The SMILES string of the molecule is O=S(=O)(NCC1(CCO)CC1)c1ccc(Cl)nc1. The summed E-state index contributed by atoms with van der Waals surface area (Å²) in [5.74, 6) is 0. The van der Waals surface area contributed by atoms with Gasteiger partial charge in [-0.1, -0.05) is 11.6 Å². The molecule has 0 aromatic carbocycles. The molecule has 7 heteroatoms. The molecule has 0 radical (unpaired) electrons. The topological polar surface area (TPSA) is 79.3 Å². The first-order valence-electron chi connectivity index (χ1n) is 5.70. The Balaban J connectivity index is 2.02. The zero-order chi connectivity index (χ0) is 13.2. The molecule has 0 spiro atoms. The van der Waals surface area contributed by atoms with Crippen LogP contribution in [0.15, 0.2) is 23.2 Å². The van der Waals surface area contributed by atoms with E-state index in [9.17, 15) is 8.42 Å². The number of halogens is 1. The van der Waals surface area contributed by atoms with E-state index in [4.69, 9.17) is 16.7 Å². The fourth-order valence-corrected chi connectivity index (χ4v) is 3.00. The van der Waals surface area contributed by atoms with Gasteiger partial charge in [0, 0.05) is 19.3 Å². The van der Waals surface area contributed by atoms with Crippen LogP contribution in [0.3, 0.4) is 0 Å². The standard InChI is InChI=1S/C11H15ClN2O3S/c12-10-2-1-9(7-13-10)18(16,17)14-8-11(3-4-11)5-6-15/h1-2,7,14-15H,3-6,8H2. The van der Waals surface area contributed by atoms with E-state index in [0.717, 1.165) is 12.8 Å². The van der Waals surface area contributed by atoms with Crippen LogP contribution in [0.1, 0.15) is 19.3 Å². The summed E-state index contributed by atoms with van der Waals surface area (Å²) in [6.07, 6.45) is 3.77. The molecular formula is C11H15ClN2O3S. The summed E-state index contributed by atoms with van der Waals surface area (Å²) in [7, 11) is -3.54. The zero-order valence-corrected chi connectivity index (χ0v) is 11.3. The zero-order valence-electron chi connectivity index (χ0n) is 9.76. The molecule has 5 nitrogen and oxygen atoms in total. The predicted molar refractivity (Wildman–Crippen MR) is 67.8 cm³/mol. The number of hydrogen-bond acceptors (Lipinski definition) is 4. The normalized spacial score (nSPS) is 17.7. The molecule has 2 N–H and O–H groups in total. The largest absolute Gasteiger partial charge is 0.396 e. The first-order chi connectivity index (χ1) is 8.47. The van der Waals surface area contributed by atoms with Crippen molar-refractivity contribution in [3.05, 3.63) is 23.5 Å². The molecule has 0 amide bonds. The van der Waals surface area contributed by atoms with Crippen LogP contribution in [0.4, 0.5) is 0 Å². The molecule has 0 saturated heterocycles. The highest BCUT2D eigenvalue weighted by molar-refractivity contribution is 7.89. The van der Waals surface area contributed by atoms with Gasteiger partial charge in [0.15, 0.2) is 0 Å². The number of rotatable bonds is 6. The lowest BCUT2D eigenvalue weighted by Crippen LogP contribution is -2.30. The smallest absolute Gasteiger partial charge is 0.242 e. The number of nitrogens with one attached hydrogen (secondary N) is 1. The number of hydrogen-bond donors (Lipinski definition) is 2. The van der Waals surface area contributed by atoms with Gasteiger partial charge in [0.2, 0.25) is 10.0 Å². The van der Waals surface area contributed by atoms with Crippen LogP contribution in [-0.4, -0.2) is 31.7 Å². The summed E-state index contributed by atoms with van der Waals surface area (Å²) >= 11 is 5.61. The van der Waals surface area contributed by atoms with Crippen LogP contribution in [0.25, 0.3) is 0 Å². The summed E-state index contributed by atoms with van der Waals surface area (Å²) in [6, 6.07) is 2.86. The quantitative estimate of drug-likeness (QED) is 0.771. The van der Waals surface area contributed by atoms with Gasteiger partial charge in [-0.25, -0.2) is 18.1 Å². The van der Waals surface area contributed by atoms with E-state index in [1.165, 1.54) is 18.3 Å². The Morgan fingerprint density at radius 1 is 1.44 bits per heavy atom. The van der Waals surface area contributed by atoms with E-state index in [0.29, 0.717) is 13.0 Å². The maximum Gasteiger partial charge on any atom is 0.242 e. The van der Waals surface area contributed by atoms with Crippen molar-refractivity contribution in [3.8, 4) is 0 Å². The van der Waals surface area contributed by atoms with Crippen molar-refractivity contribution in [1.29, 1.82) is 0 Å². The molecule has 100 valence electrons. The molecule has 1 aliphatic carbocycles. The molecule has 1 fully saturated rings. The third-order valence-electron chi connectivity index (χ3n) is 3.25. The van der Waals surface area contributed by atoms with Gasteiger partial charge in [-0.2, -0.15) is 0 Å². The summed E-state index contributed by atoms with van der Waals surface area (Å²) in [6.45, 7) is 0.447. The van der Waals surface area contributed by atoms with Gasteiger partial charge in [0.05, 0.1) is 0 Å². The molecule has 1 saturated carbocycles. The molecule has 1 aromatic rings. The van der Waals surface area contributed by atoms with Crippen molar-refractivity contribution >= 4 is 21.6 Å². The van der Waals surface area contributed by atoms with E-state index in [2.05, 4.69) is 9.71 Å². The summed E-state index contributed by atoms with van der Waals surface area (Å²) in [4.78, 5) is 3.85. The molecule has 18 heavy (non-hydrogen) atoms. The minimum atomic E-state index is -3.54. The number of aliphatic hydroxyl groups excluding tert-OH is 1. The molecule has 0 bridgehead atoms. The highest BCUT2D eigenvalue weighted by atomic mass is 35.5. The second-order valence-corrected chi connectivity index (χ2v) is 6.77. The Morgan fingerprint density at radius 2 is 2.17 bits per heavy atom. The van der Waals surface area contributed by atoms with Gasteiger partial charge in [-0.15, -0.1) is 0 Å². The van der Waals surface area contributed by atoms with Crippen molar-refractivity contribution < 1.29 is 13.5 Å². The molecule has 1 aliphatic rings. The van der Waals surface area contributed by atoms with Crippen molar-refractivity contribution in [2.75, 3.05) is 13.2 Å². The Kier molecular flexibility index (Phi) is 3.91. The third-order valence-corrected chi connectivity index (χ3v) is 4.86. The Labute approximate surface area is 111 Å². The van der Waals surface area contributed by atoms with Crippen LogP contribution in [0, 0.1) is 5.41 Å². The van der Waals surface area contributed by atoms with Gasteiger partial charge >= 0.3 is 0 Å². The second-order valence-electron chi connectivity index (χ2n) is 4.61. The van der Waals surface area contributed by atoms with Crippen molar-refractivity contribution in [3.63, 3.8) is 0 Å². The van der Waals surface area contributed by atoms with Gasteiger partial charge in [0.25, 0.3) is 0 Å². The summed E-state index contributed by atoms with van der Waals surface area (Å²) in [5, 5.41) is 9.17. The Morgan fingerprint density at radius 3 is 2.67 bits per heavy atom. The average Bonchev–Trinajstić information content (AvgIpc) is 3.08. The van der Waals surface area contributed by atoms with Gasteiger partial charge in [-0.05, 0) is 36.8 Å². The molecule has 1 aromatic heterocycles. The molecule has 2 rings (SSSR count). The van der Waals surface area contributed by atoms with E-state index in [1.807, 2.05) is 0 Å². The predicted octanol–water partition coefficient (Wildman–Crippen LogP) is 1.18. The van der Waals surface area contributed by atoms with Crippen LogP contribution in [-0.2, 0) is 10.0 Å². The second kappa shape index (κ2) is 5.13. The number of aliphatic hydroxyl groups is 1. The van der Waals surface area contributed by atoms with Crippen molar-refractivity contribution in [2.24, 2.45) is 5.41 Å². The lowest BCUT2D eigenvalue weighted by Gasteiger charge is -2.14. The Hall–Kier alpha value is -0.690. The van der Waals surface area contributed by atoms with Gasteiger partial charge in [0.1, 0.15) is 10.0 Å². The summed E-state index contributed by atoms with van der Waals surface area (Å²) in [5.41, 5.74) is -0.0539. The fraction of sp³-hybridized carbons (Fsp3) is 0.545. The molecular weight excluding hydrogens is 276 g/mol. The third kappa shape index (κ3) is 3.20. The lowest BCUT2D eigenvalue weighted by atomic mass is 10.0. The van der Waals surface area contributed by atoms with E-state index in [1.54, 1.807) is 0 Å². The monoisotopic (exact) mass is 290 g/mol. The molecule has 0 unspecified atom stereocenters. The maximum absolute atomic E-state index is 12.0. The first-order valence-corrected chi connectivity index (χ1v) is 7.56. The van der Waals surface area contributed by atoms with Crippen LogP contribution < -0.4 is 4.72 Å². The maximum atomic E-state index is 12.0. The minimum absolute atomic E-state index is 0.0539. The number of aromatic nitrogens is 1. The van der Waals surface area contributed by atoms with Crippen molar-refractivity contribution in [1.82, 2.24) is 9.71 Å². The number of sulfonamides is 1. The van der Waals surface area contributed by atoms with Crippen LogP contribution >= 0.6 is 11.6 Å². The van der Waals surface area contributed by atoms with Crippen molar-refractivity contribution in [2.45, 2.75) is 24.2 Å². The van der Waals surface area contributed by atoms with Crippen LogP contribution in [0.5, 0.6) is 0 Å². The fourth-order valence-electron chi connectivity index (χ4n) is 1.78. The number of nitrogens with zero attached hydrogens (tertiary/aromatic N) is 1. The van der Waals surface area contributed by atoms with Gasteiger partial charge < -0.3 is 5.11 Å². The van der Waals surface area contributed by atoms with E-state index in [-0.39, 0.29) is 22.1 Å². The Bertz CT molecular complexity index is 512. The molecule has 1 heterocycles. The highest BCUT2D eigenvalue weighted by Crippen LogP contribution is 2.48. The molecule has 0 atom stereocenters. The lowest BCUT2D eigenvalue weighted by molar-refractivity contribution is 0.249. The average molecular weight is 291 g/mol. The van der Waals surface area contributed by atoms with Gasteiger partial charge in [-0.3, -0.25) is 0 Å². The van der Waals surface area contributed by atoms with Crippen LogP contribution in [0.2, 0.25) is 5.15 Å². The highest BCUT2D eigenvalue weighted by Gasteiger charge is 2.42. The first kappa shape index (κ1) is 13.7. The van der Waals surface area contributed by atoms with E-state index < -0.39 is 10.0 Å². The minimum Gasteiger partial charge on any atom is -0.396 e.